The second-order valence-electron chi connectivity index (χ2n) is 10.2. The first-order valence-electron chi connectivity index (χ1n) is 11.8. The van der Waals surface area contributed by atoms with Crippen molar-refractivity contribution in [3.63, 3.8) is 0 Å². The fourth-order valence-corrected chi connectivity index (χ4v) is 4.51. The van der Waals surface area contributed by atoms with Crippen molar-refractivity contribution in [2.24, 2.45) is 0 Å². The zero-order valence-electron chi connectivity index (χ0n) is 21.0. The summed E-state index contributed by atoms with van der Waals surface area (Å²) in [5.74, 6) is 1.82. The molecule has 3 aromatic heterocycles. The van der Waals surface area contributed by atoms with Crippen LogP contribution in [0.4, 0.5) is 10.6 Å². The summed E-state index contributed by atoms with van der Waals surface area (Å²) >= 11 is 0. The molecule has 0 radical (unpaired) electrons. The summed E-state index contributed by atoms with van der Waals surface area (Å²) in [5, 5.41) is 11.9. The third kappa shape index (κ3) is 4.27. The zero-order chi connectivity index (χ0) is 24.9. The van der Waals surface area contributed by atoms with Gasteiger partial charge in [-0.2, -0.15) is 5.10 Å². The molecule has 1 atom stereocenters. The molecular weight excluding hydrogens is 442 g/mol. The minimum absolute atomic E-state index is 0.175. The lowest BCUT2D eigenvalue weighted by atomic mass is 10.0. The number of rotatable bonds is 3. The Morgan fingerprint density at radius 3 is 2.74 bits per heavy atom. The minimum atomic E-state index is -0.262. The van der Waals surface area contributed by atoms with Crippen LogP contribution in [-0.2, 0) is 18.5 Å². The number of nitrogens with zero attached hydrogens (tertiary/aromatic N) is 5. The molecule has 182 valence electrons. The van der Waals surface area contributed by atoms with Crippen LogP contribution >= 0.6 is 0 Å². The summed E-state index contributed by atoms with van der Waals surface area (Å²) in [6.45, 7) is 13.1. The summed E-state index contributed by atoms with van der Waals surface area (Å²) in [7, 11) is 0. The molecule has 35 heavy (non-hydrogen) atoms. The van der Waals surface area contributed by atoms with E-state index in [1.165, 1.54) is 6.33 Å². The molecule has 0 saturated carbocycles. The van der Waals surface area contributed by atoms with E-state index in [0.717, 1.165) is 39.8 Å². The van der Waals surface area contributed by atoms with E-state index in [-0.39, 0.29) is 11.6 Å². The number of nitrogens with one attached hydrogen (secondary N) is 2. The third-order valence-corrected chi connectivity index (χ3v) is 6.49. The molecule has 1 aliphatic rings. The van der Waals surface area contributed by atoms with Crippen molar-refractivity contribution in [2.45, 2.75) is 66.1 Å². The van der Waals surface area contributed by atoms with Gasteiger partial charge in [-0.25, -0.2) is 14.8 Å². The van der Waals surface area contributed by atoms with Crippen LogP contribution in [-0.4, -0.2) is 36.4 Å². The summed E-state index contributed by atoms with van der Waals surface area (Å²) in [4.78, 5) is 21.9. The molecule has 4 aromatic rings. The van der Waals surface area contributed by atoms with Crippen LogP contribution in [0.3, 0.4) is 0 Å². The normalized spacial score (nSPS) is 15.8. The van der Waals surface area contributed by atoms with Gasteiger partial charge >= 0.3 is 6.03 Å². The second kappa shape index (κ2) is 8.49. The van der Waals surface area contributed by atoms with E-state index >= 15 is 0 Å². The quantitative estimate of drug-likeness (QED) is 0.439. The van der Waals surface area contributed by atoms with Crippen LogP contribution in [0.5, 0.6) is 11.6 Å². The summed E-state index contributed by atoms with van der Waals surface area (Å²) in [5.41, 5.74) is 4.60. The average molecular weight is 474 g/mol. The van der Waals surface area contributed by atoms with Gasteiger partial charge in [0.1, 0.15) is 12.1 Å². The molecule has 0 saturated heterocycles. The molecule has 1 aliphatic heterocycles. The van der Waals surface area contributed by atoms with E-state index in [9.17, 15) is 4.79 Å². The highest BCUT2D eigenvalue weighted by Gasteiger charge is 2.23. The molecule has 0 spiro atoms. The number of anilines is 1. The maximum Gasteiger partial charge on any atom is 0.331 e. The topological polar surface area (TPSA) is 98.9 Å². The molecule has 9 nitrogen and oxygen atoms in total. The van der Waals surface area contributed by atoms with Crippen molar-refractivity contribution in [1.29, 1.82) is 0 Å². The largest absolute Gasteiger partial charge is 0.439 e. The maximum atomic E-state index is 13.1. The van der Waals surface area contributed by atoms with Crippen LogP contribution in [0.15, 0.2) is 36.8 Å². The molecule has 2 N–H and O–H groups in total. The van der Waals surface area contributed by atoms with Crippen LogP contribution in [0, 0.1) is 13.8 Å². The number of ether oxygens (including phenoxy) is 1. The highest BCUT2D eigenvalue weighted by molar-refractivity contribution is 5.98. The van der Waals surface area contributed by atoms with E-state index < -0.39 is 0 Å². The summed E-state index contributed by atoms with van der Waals surface area (Å²) in [6.07, 6.45) is 4.11. The summed E-state index contributed by atoms with van der Waals surface area (Å²) in [6, 6.07) is 7.63. The number of fused-ring (bicyclic) bond motifs is 2. The van der Waals surface area contributed by atoms with E-state index in [0.29, 0.717) is 30.0 Å². The number of hydrogen-bond acceptors (Lipinski definition) is 6. The van der Waals surface area contributed by atoms with Gasteiger partial charge < -0.3 is 10.1 Å². The molecule has 1 aromatic carbocycles. The van der Waals surface area contributed by atoms with Crippen molar-refractivity contribution in [3.8, 4) is 11.6 Å². The molecule has 0 bridgehead atoms. The molecule has 0 unspecified atom stereocenters. The van der Waals surface area contributed by atoms with Gasteiger partial charge in [-0.05, 0) is 72.2 Å². The average Bonchev–Trinajstić information content (AvgIpc) is 3.35. The Kier molecular flexibility index (Phi) is 5.59. The number of hydrogen-bond donors (Lipinski definition) is 2. The first-order chi connectivity index (χ1) is 16.6. The van der Waals surface area contributed by atoms with Crippen molar-refractivity contribution >= 4 is 22.8 Å². The first kappa shape index (κ1) is 23.0. The standard InChI is InChI=1S/C26H31N7O2/c1-15-11-20-21(13-27-15)28-14-29-24(20)35-19-7-8-22-18(12-19)9-10-32(22)25(34)30-23-16(2)17(3)33(31-23)26(4,5)6/h7-10,12,14-15,27H,11,13H2,1-6H3,(H,30,31,34)/t15-/m0/s1. The lowest BCUT2D eigenvalue weighted by Gasteiger charge is -2.23. The Morgan fingerprint density at radius 1 is 1.20 bits per heavy atom. The molecule has 4 heterocycles. The van der Waals surface area contributed by atoms with E-state index in [1.807, 2.05) is 42.8 Å². The van der Waals surface area contributed by atoms with Crippen molar-refractivity contribution < 1.29 is 9.53 Å². The first-order valence-corrected chi connectivity index (χ1v) is 11.8. The van der Waals surface area contributed by atoms with Crippen molar-refractivity contribution in [2.75, 3.05) is 5.32 Å². The molecule has 1 amide bonds. The molecule has 0 aliphatic carbocycles. The predicted octanol–water partition coefficient (Wildman–Crippen LogP) is 4.91. The fraction of sp³-hybridized carbons (Fsp3) is 0.385. The molecule has 9 heteroatoms. The predicted molar refractivity (Wildman–Crippen MR) is 135 cm³/mol. The second-order valence-corrected chi connectivity index (χ2v) is 10.2. The van der Waals surface area contributed by atoms with Crippen LogP contribution in [0.1, 0.15) is 50.2 Å². The van der Waals surface area contributed by atoms with Gasteiger partial charge in [0.25, 0.3) is 0 Å². The lowest BCUT2D eigenvalue weighted by molar-refractivity contribution is 0.254. The highest BCUT2D eigenvalue weighted by Crippen LogP contribution is 2.30. The Labute approximate surface area is 204 Å². The van der Waals surface area contributed by atoms with Crippen molar-refractivity contribution in [1.82, 2.24) is 29.6 Å². The zero-order valence-corrected chi connectivity index (χ0v) is 21.0. The van der Waals surface area contributed by atoms with Crippen LogP contribution < -0.4 is 15.4 Å². The number of carbonyl (C=O) groups excluding carboxylic acids is 1. The molecule has 0 fully saturated rings. The minimum Gasteiger partial charge on any atom is -0.439 e. The van der Waals surface area contributed by atoms with Gasteiger partial charge in [-0.1, -0.05) is 0 Å². The van der Waals surface area contributed by atoms with Gasteiger partial charge in [0.15, 0.2) is 5.82 Å². The highest BCUT2D eigenvalue weighted by atomic mass is 16.5. The van der Waals surface area contributed by atoms with Gasteiger partial charge in [-0.15, -0.1) is 0 Å². The molecular formula is C26H31N7O2. The van der Waals surface area contributed by atoms with Crippen molar-refractivity contribution in [3.05, 3.63) is 59.3 Å². The lowest BCUT2D eigenvalue weighted by Crippen LogP contribution is -2.33. The monoisotopic (exact) mass is 473 g/mol. The van der Waals surface area contributed by atoms with E-state index in [2.05, 4.69) is 53.4 Å². The number of carbonyl (C=O) groups is 1. The van der Waals surface area contributed by atoms with Gasteiger partial charge in [0.05, 0.1) is 16.7 Å². The number of aromatic nitrogens is 5. The number of benzene rings is 1. The van der Waals surface area contributed by atoms with Crippen LogP contribution in [0.2, 0.25) is 0 Å². The molecule has 5 rings (SSSR count). The third-order valence-electron chi connectivity index (χ3n) is 6.49. The fourth-order valence-electron chi connectivity index (χ4n) is 4.51. The SMILES string of the molecule is Cc1c(NC(=O)n2ccc3cc(Oc4ncnc5c4C[C@H](C)NC5)ccc32)nn(C(C)(C)C)c1C. The smallest absolute Gasteiger partial charge is 0.331 e. The van der Waals surface area contributed by atoms with Gasteiger partial charge in [0, 0.05) is 41.0 Å². The Morgan fingerprint density at radius 2 is 2.00 bits per heavy atom. The Bertz CT molecular complexity index is 1430. The number of amides is 1. The van der Waals surface area contributed by atoms with E-state index in [4.69, 9.17) is 4.74 Å². The Balaban J connectivity index is 1.39. The van der Waals surface area contributed by atoms with Gasteiger partial charge in [0.2, 0.25) is 5.88 Å². The van der Waals surface area contributed by atoms with E-state index in [1.54, 1.807) is 10.8 Å². The van der Waals surface area contributed by atoms with Crippen LogP contribution in [0.25, 0.3) is 10.9 Å². The maximum absolute atomic E-state index is 13.1. The van der Waals surface area contributed by atoms with Gasteiger partial charge in [-0.3, -0.25) is 14.6 Å². The summed E-state index contributed by atoms with van der Waals surface area (Å²) < 4.78 is 9.69. The Hall–Kier alpha value is -3.72.